The summed E-state index contributed by atoms with van der Waals surface area (Å²) in [6, 6.07) is 12.6. The van der Waals surface area contributed by atoms with Crippen molar-refractivity contribution in [2.24, 2.45) is 0 Å². The average Bonchev–Trinajstić information content (AvgIpc) is 2.65. The number of nitro benzene ring substituents is 1. The van der Waals surface area contributed by atoms with Crippen molar-refractivity contribution in [3.05, 3.63) is 64.2 Å². The van der Waals surface area contributed by atoms with Gasteiger partial charge >= 0.3 is 11.7 Å². The first-order valence-electron chi connectivity index (χ1n) is 8.84. The van der Waals surface area contributed by atoms with Gasteiger partial charge in [-0.25, -0.2) is 4.79 Å². The van der Waals surface area contributed by atoms with Crippen LogP contribution in [0, 0.1) is 10.1 Å². The summed E-state index contributed by atoms with van der Waals surface area (Å²) in [6.45, 7) is 3.68. The highest BCUT2D eigenvalue weighted by Gasteiger charge is 2.14. The Labute approximate surface area is 162 Å². The van der Waals surface area contributed by atoms with Gasteiger partial charge in [-0.15, -0.1) is 0 Å². The van der Waals surface area contributed by atoms with Gasteiger partial charge in [0.1, 0.15) is 0 Å². The number of carbonyl (C=O) groups is 2. The van der Waals surface area contributed by atoms with Gasteiger partial charge in [0.05, 0.1) is 23.2 Å². The lowest BCUT2D eigenvalue weighted by Gasteiger charge is -2.10. The maximum Gasteiger partial charge on any atom is 0.338 e. The number of hydrogen-bond acceptors (Lipinski definition) is 6. The number of nitrogens with one attached hydrogen (secondary N) is 1. The number of para-hydroxylation sites is 2. The number of amides is 1. The highest BCUT2D eigenvalue weighted by molar-refractivity contribution is 5.94. The number of benzene rings is 2. The first-order valence-corrected chi connectivity index (χ1v) is 8.84. The molecule has 0 aliphatic rings. The molecule has 0 saturated heterocycles. The summed E-state index contributed by atoms with van der Waals surface area (Å²) < 4.78 is 10.5. The number of ether oxygens (including phenoxy) is 2. The summed E-state index contributed by atoms with van der Waals surface area (Å²) in [4.78, 5) is 34.4. The van der Waals surface area contributed by atoms with E-state index in [-0.39, 0.29) is 36.5 Å². The number of hydrogen-bond donors (Lipinski definition) is 1. The van der Waals surface area contributed by atoms with Gasteiger partial charge in [-0.3, -0.25) is 14.9 Å². The predicted molar refractivity (Wildman–Crippen MR) is 103 cm³/mol. The van der Waals surface area contributed by atoms with Crippen LogP contribution in [-0.4, -0.2) is 29.5 Å². The third-order valence-electron chi connectivity index (χ3n) is 3.59. The van der Waals surface area contributed by atoms with Crippen molar-refractivity contribution in [2.75, 3.05) is 11.9 Å². The van der Waals surface area contributed by atoms with Gasteiger partial charge in [-0.05, 0) is 44.5 Å². The van der Waals surface area contributed by atoms with Crippen LogP contribution in [0.15, 0.2) is 48.5 Å². The van der Waals surface area contributed by atoms with E-state index in [9.17, 15) is 19.7 Å². The molecule has 0 aliphatic carbocycles. The minimum atomic E-state index is -0.515. The Kier molecular flexibility index (Phi) is 7.50. The van der Waals surface area contributed by atoms with Gasteiger partial charge in [-0.2, -0.15) is 0 Å². The zero-order valence-corrected chi connectivity index (χ0v) is 15.7. The third kappa shape index (κ3) is 6.39. The summed E-state index contributed by atoms with van der Waals surface area (Å²) in [5.41, 5.74) is 0.728. The smallest absolute Gasteiger partial charge is 0.338 e. The molecule has 0 heterocycles. The fourth-order valence-electron chi connectivity index (χ4n) is 2.37. The molecule has 0 fully saturated rings. The van der Waals surface area contributed by atoms with E-state index < -0.39 is 10.9 Å². The van der Waals surface area contributed by atoms with E-state index in [4.69, 9.17) is 9.47 Å². The molecule has 2 aromatic carbocycles. The van der Waals surface area contributed by atoms with E-state index in [0.717, 1.165) is 0 Å². The molecule has 0 aromatic heterocycles. The first-order chi connectivity index (χ1) is 13.4. The maximum absolute atomic E-state index is 12.1. The van der Waals surface area contributed by atoms with E-state index >= 15 is 0 Å². The molecule has 0 atom stereocenters. The molecule has 0 bridgehead atoms. The molecular weight excluding hydrogens is 364 g/mol. The second-order valence-corrected chi connectivity index (χ2v) is 6.26. The van der Waals surface area contributed by atoms with Gasteiger partial charge in [0.2, 0.25) is 5.91 Å². The molecule has 28 heavy (non-hydrogen) atoms. The Morgan fingerprint density at radius 3 is 2.61 bits per heavy atom. The predicted octanol–water partition coefficient (Wildman–Crippen LogP) is 3.96. The molecule has 1 amide bonds. The standard InChI is InChI=1S/C20H22N2O6/c1-14(2)28-20(24)15-7-5-8-16(13-15)21-19(23)11-6-12-27-18-10-4-3-9-17(18)22(25)26/h3-5,7-10,13-14H,6,11-12H2,1-2H3,(H,21,23). The van der Waals surface area contributed by atoms with Gasteiger partial charge in [0.15, 0.2) is 5.75 Å². The van der Waals surface area contributed by atoms with Crippen LogP contribution in [0.5, 0.6) is 5.75 Å². The lowest BCUT2D eigenvalue weighted by molar-refractivity contribution is -0.385. The largest absolute Gasteiger partial charge is 0.487 e. The minimum Gasteiger partial charge on any atom is -0.487 e. The fourth-order valence-corrected chi connectivity index (χ4v) is 2.37. The van der Waals surface area contributed by atoms with Crippen molar-refractivity contribution in [2.45, 2.75) is 32.8 Å². The Bertz CT molecular complexity index is 850. The second kappa shape index (κ2) is 10.1. The normalized spacial score (nSPS) is 10.4. The van der Waals surface area contributed by atoms with E-state index in [1.165, 1.54) is 12.1 Å². The molecule has 0 spiro atoms. The molecule has 0 saturated carbocycles. The molecule has 2 aromatic rings. The number of anilines is 1. The Morgan fingerprint density at radius 1 is 1.14 bits per heavy atom. The SMILES string of the molecule is CC(C)OC(=O)c1cccc(NC(=O)CCCOc2ccccc2[N+](=O)[O-])c1. The van der Waals surface area contributed by atoms with Gasteiger partial charge in [-0.1, -0.05) is 18.2 Å². The van der Waals surface area contributed by atoms with Crippen molar-refractivity contribution in [1.82, 2.24) is 0 Å². The third-order valence-corrected chi connectivity index (χ3v) is 3.59. The zero-order valence-electron chi connectivity index (χ0n) is 15.7. The zero-order chi connectivity index (χ0) is 20.5. The van der Waals surface area contributed by atoms with Crippen LogP contribution >= 0.6 is 0 Å². The van der Waals surface area contributed by atoms with Crippen LogP contribution in [0.25, 0.3) is 0 Å². The molecule has 148 valence electrons. The molecule has 0 radical (unpaired) electrons. The number of rotatable bonds is 9. The first kappa shape index (κ1) is 20.9. The van der Waals surface area contributed by atoms with Crippen LogP contribution in [-0.2, 0) is 9.53 Å². The highest BCUT2D eigenvalue weighted by Crippen LogP contribution is 2.25. The van der Waals surface area contributed by atoms with E-state index in [2.05, 4.69) is 5.32 Å². The number of esters is 1. The van der Waals surface area contributed by atoms with Crippen molar-refractivity contribution in [3.63, 3.8) is 0 Å². The minimum absolute atomic E-state index is 0.114. The number of nitrogens with zero attached hydrogens (tertiary/aromatic N) is 1. The van der Waals surface area contributed by atoms with Crippen LogP contribution in [0.3, 0.4) is 0 Å². The average molecular weight is 386 g/mol. The molecule has 8 heteroatoms. The summed E-state index contributed by atoms with van der Waals surface area (Å²) in [5, 5.41) is 13.6. The molecule has 1 N–H and O–H groups in total. The van der Waals surface area contributed by atoms with Crippen LogP contribution in [0.1, 0.15) is 37.0 Å². The quantitative estimate of drug-likeness (QED) is 0.302. The molecule has 8 nitrogen and oxygen atoms in total. The Morgan fingerprint density at radius 2 is 1.89 bits per heavy atom. The lowest BCUT2D eigenvalue weighted by atomic mass is 10.2. The molecule has 0 aliphatic heterocycles. The van der Waals surface area contributed by atoms with Crippen LogP contribution < -0.4 is 10.1 Å². The van der Waals surface area contributed by atoms with Gasteiger partial charge in [0, 0.05) is 18.2 Å². The van der Waals surface area contributed by atoms with Crippen molar-refractivity contribution < 1.29 is 24.0 Å². The van der Waals surface area contributed by atoms with Gasteiger partial charge < -0.3 is 14.8 Å². The monoisotopic (exact) mass is 386 g/mol. The second-order valence-electron chi connectivity index (χ2n) is 6.26. The van der Waals surface area contributed by atoms with Crippen LogP contribution in [0.4, 0.5) is 11.4 Å². The summed E-state index contributed by atoms with van der Waals surface area (Å²) >= 11 is 0. The molecular formula is C20H22N2O6. The van der Waals surface area contributed by atoms with Gasteiger partial charge in [0.25, 0.3) is 0 Å². The van der Waals surface area contributed by atoms with Crippen LogP contribution in [0.2, 0.25) is 0 Å². The van der Waals surface area contributed by atoms with E-state index in [1.54, 1.807) is 50.2 Å². The molecule has 0 unspecified atom stereocenters. The Hall–Kier alpha value is -3.42. The van der Waals surface area contributed by atoms with E-state index in [1.807, 2.05) is 0 Å². The van der Waals surface area contributed by atoms with Crippen molar-refractivity contribution >= 4 is 23.3 Å². The van der Waals surface area contributed by atoms with E-state index in [0.29, 0.717) is 17.7 Å². The lowest BCUT2D eigenvalue weighted by Crippen LogP contribution is -2.14. The summed E-state index contributed by atoms with van der Waals surface area (Å²) in [5.74, 6) is -0.534. The maximum atomic E-state index is 12.1. The topological polar surface area (TPSA) is 108 Å². The highest BCUT2D eigenvalue weighted by atomic mass is 16.6. The van der Waals surface area contributed by atoms with Crippen molar-refractivity contribution in [1.29, 1.82) is 0 Å². The number of nitro groups is 1. The molecule has 2 rings (SSSR count). The summed E-state index contributed by atoms with van der Waals surface area (Å²) in [7, 11) is 0. The van der Waals surface area contributed by atoms with Crippen molar-refractivity contribution in [3.8, 4) is 5.75 Å². The number of carbonyl (C=O) groups excluding carboxylic acids is 2. The summed E-state index contributed by atoms with van der Waals surface area (Å²) in [6.07, 6.45) is 0.319. The Balaban J connectivity index is 1.82. The fraction of sp³-hybridized carbons (Fsp3) is 0.300.